The number of nitrogens with two attached hydrogens (primary N) is 1. The van der Waals surface area contributed by atoms with Gasteiger partial charge in [0.05, 0.1) is 11.4 Å². The van der Waals surface area contributed by atoms with Gasteiger partial charge in [-0.15, -0.1) is 0 Å². The molecular weight excluding hydrogens is 252 g/mol. The molecule has 0 radical (unpaired) electrons. The van der Waals surface area contributed by atoms with Crippen molar-refractivity contribution >= 4 is 11.6 Å². The normalized spacial score (nSPS) is 26.4. The first-order valence-corrected chi connectivity index (χ1v) is 7.85. The zero-order valence-electron chi connectivity index (χ0n) is 12.1. The van der Waals surface area contributed by atoms with Crippen LogP contribution in [-0.2, 0) is 0 Å². The number of aromatic amines is 1. The fraction of sp³-hybridized carbons (Fsp3) is 0.733. The molecule has 2 unspecified atom stereocenters. The molecule has 1 aromatic rings. The maximum atomic E-state index is 12.4. The monoisotopic (exact) mass is 276 g/mol. The first-order valence-electron chi connectivity index (χ1n) is 7.85. The van der Waals surface area contributed by atoms with E-state index in [2.05, 4.69) is 22.4 Å². The Morgan fingerprint density at radius 2 is 2.10 bits per heavy atom. The van der Waals surface area contributed by atoms with Crippen molar-refractivity contribution in [2.75, 3.05) is 5.73 Å². The molecule has 2 atom stereocenters. The highest BCUT2D eigenvalue weighted by Gasteiger charge is 2.31. The first kappa shape index (κ1) is 13.5. The molecule has 110 valence electrons. The molecule has 0 aliphatic heterocycles. The van der Waals surface area contributed by atoms with Gasteiger partial charge in [0, 0.05) is 12.0 Å². The van der Waals surface area contributed by atoms with Crippen molar-refractivity contribution in [1.82, 2.24) is 15.5 Å². The number of nitrogen functional groups attached to an aromatic ring is 1. The topological polar surface area (TPSA) is 83.8 Å². The minimum atomic E-state index is -0.115. The van der Waals surface area contributed by atoms with Crippen LogP contribution in [0.25, 0.3) is 0 Å². The standard InChI is InChI=1S/C15H24N4O/c1-2-9-5-3-4-6-11(9)17-15(20)14-12(16)13(18-19-14)10-7-8-10/h9-11H,2-8,16H2,1H3,(H,17,20)(H,18,19). The van der Waals surface area contributed by atoms with Gasteiger partial charge in [-0.1, -0.05) is 26.2 Å². The number of nitrogens with zero attached hydrogens (tertiary/aromatic N) is 1. The highest BCUT2D eigenvalue weighted by molar-refractivity contribution is 5.97. The number of rotatable bonds is 4. The van der Waals surface area contributed by atoms with E-state index in [9.17, 15) is 4.79 Å². The summed E-state index contributed by atoms with van der Waals surface area (Å²) in [5, 5.41) is 10.2. The van der Waals surface area contributed by atoms with Crippen LogP contribution in [0, 0.1) is 5.92 Å². The van der Waals surface area contributed by atoms with E-state index in [1.54, 1.807) is 0 Å². The zero-order chi connectivity index (χ0) is 14.1. The lowest BCUT2D eigenvalue weighted by atomic mass is 9.83. The Kier molecular flexibility index (Phi) is 3.68. The van der Waals surface area contributed by atoms with Crippen LogP contribution < -0.4 is 11.1 Å². The smallest absolute Gasteiger partial charge is 0.274 e. The van der Waals surface area contributed by atoms with E-state index in [1.165, 1.54) is 19.3 Å². The van der Waals surface area contributed by atoms with Crippen LogP contribution in [0.1, 0.15) is 74.0 Å². The van der Waals surface area contributed by atoms with Crippen LogP contribution in [-0.4, -0.2) is 22.1 Å². The molecule has 2 fully saturated rings. The van der Waals surface area contributed by atoms with Gasteiger partial charge in [0.15, 0.2) is 5.69 Å². The second-order valence-corrected chi connectivity index (χ2v) is 6.21. The van der Waals surface area contributed by atoms with Gasteiger partial charge >= 0.3 is 0 Å². The summed E-state index contributed by atoms with van der Waals surface area (Å²) in [6.45, 7) is 2.20. The van der Waals surface area contributed by atoms with Gasteiger partial charge in [0.25, 0.3) is 5.91 Å². The Morgan fingerprint density at radius 1 is 1.35 bits per heavy atom. The second kappa shape index (κ2) is 5.46. The molecule has 2 aliphatic rings. The zero-order valence-corrected chi connectivity index (χ0v) is 12.1. The molecule has 2 saturated carbocycles. The van der Waals surface area contributed by atoms with Crippen LogP contribution in [0.5, 0.6) is 0 Å². The molecule has 1 amide bonds. The van der Waals surface area contributed by atoms with E-state index in [4.69, 9.17) is 5.73 Å². The van der Waals surface area contributed by atoms with Gasteiger partial charge < -0.3 is 11.1 Å². The molecule has 0 aromatic carbocycles. The summed E-state index contributed by atoms with van der Waals surface area (Å²) < 4.78 is 0. The molecule has 5 nitrogen and oxygen atoms in total. The van der Waals surface area contributed by atoms with Crippen molar-refractivity contribution in [3.8, 4) is 0 Å². The summed E-state index contributed by atoms with van der Waals surface area (Å²) in [7, 11) is 0. The number of amides is 1. The molecule has 3 rings (SSSR count). The lowest BCUT2D eigenvalue weighted by molar-refractivity contribution is 0.0900. The summed E-state index contributed by atoms with van der Waals surface area (Å²) >= 11 is 0. The fourth-order valence-electron chi connectivity index (χ4n) is 3.34. The lowest BCUT2D eigenvalue weighted by Crippen LogP contribution is -2.42. The summed E-state index contributed by atoms with van der Waals surface area (Å²) in [6, 6.07) is 0.279. The first-order chi connectivity index (χ1) is 9.70. The van der Waals surface area contributed by atoms with E-state index in [1.807, 2.05) is 0 Å². The molecule has 0 saturated heterocycles. The fourth-order valence-corrected chi connectivity index (χ4v) is 3.34. The molecule has 0 spiro atoms. The van der Waals surface area contributed by atoms with Crippen molar-refractivity contribution in [3.63, 3.8) is 0 Å². The van der Waals surface area contributed by atoms with Crippen LogP contribution in [0.15, 0.2) is 0 Å². The maximum absolute atomic E-state index is 12.4. The predicted molar refractivity (Wildman–Crippen MR) is 78.5 cm³/mol. The Bertz CT molecular complexity index is 492. The average molecular weight is 276 g/mol. The van der Waals surface area contributed by atoms with Crippen LogP contribution >= 0.6 is 0 Å². The number of hydrogen-bond donors (Lipinski definition) is 3. The number of aromatic nitrogens is 2. The van der Waals surface area contributed by atoms with Gasteiger partial charge in [-0.25, -0.2) is 0 Å². The molecule has 0 bridgehead atoms. The predicted octanol–water partition coefficient (Wildman–Crippen LogP) is 2.57. The summed E-state index contributed by atoms with van der Waals surface area (Å²) in [6.07, 6.45) is 8.18. The largest absolute Gasteiger partial charge is 0.395 e. The highest BCUT2D eigenvalue weighted by atomic mass is 16.2. The summed E-state index contributed by atoms with van der Waals surface area (Å²) in [4.78, 5) is 12.4. The van der Waals surface area contributed by atoms with Crippen molar-refractivity contribution < 1.29 is 4.79 Å². The van der Waals surface area contributed by atoms with E-state index in [0.29, 0.717) is 23.2 Å². The second-order valence-electron chi connectivity index (χ2n) is 6.21. The van der Waals surface area contributed by atoms with Gasteiger partial charge in [-0.3, -0.25) is 9.89 Å². The molecule has 1 aromatic heterocycles. The third kappa shape index (κ3) is 2.53. The SMILES string of the molecule is CCC1CCCCC1NC(=O)c1n[nH]c(C2CC2)c1N. The van der Waals surface area contributed by atoms with Crippen LogP contribution in [0.4, 0.5) is 5.69 Å². The van der Waals surface area contributed by atoms with E-state index in [0.717, 1.165) is 31.4 Å². The Hall–Kier alpha value is -1.52. The third-order valence-corrected chi connectivity index (χ3v) is 4.78. The molecule has 2 aliphatic carbocycles. The maximum Gasteiger partial charge on any atom is 0.274 e. The van der Waals surface area contributed by atoms with E-state index < -0.39 is 0 Å². The number of H-pyrrole nitrogens is 1. The summed E-state index contributed by atoms with van der Waals surface area (Å²) in [5.74, 6) is 0.967. The van der Waals surface area contributed by atoms with E-state index >= 15 is 0 Å². The Balaban J connectivity index is 1.69. The number of nitrogens with one attached hydrogen (secondary N) is 2. The minimum absolute atomic E-state index is 0.115. The Morgan fingerprint density at radius 3 is 2.80 bits per heavy atom. The number of carbonyl (C=O) groups excluding carboxylic acids is 1. The van der Waals surface area contributed by atoms with Crippen molar-refractivity contribution in [2.24, 2.45) is 5.92 Å². The van der Waals surface area contributed by atoms with Gasteiger partial charge in [0.2, 0.25) is 0 Å². The Labute approximate surface area is 119 Å². The average Bonchev–Trinajstić information content (AvgIpc) is 3.22. The van der Waals surface area contributed by atoms with Crippen LogP contribution in [0.2, 0.25) is 0 Å². The van der Waals surface area contributed by atoms with Crippen molar-refractivity contribution in [3.05, 3.63) is 11.4 Å². The van der Waals surface area contributed by atoms with E-state index in [-0.39, 0.29) is 11.9 Å². The van der Waals surface area contributed by atoms with Gasteiger partial charge in [-0.2, -0.15) is 5.10 Å². The summed E-state index contributed by atoms with van der Waals surface area (Å²) in [5.41, 5.74) is 7.94. The molecule has 20 heavy (non-hydrogen) atoms. The van der Waals surface area contributed by atoms with Gasteiger partial charge in [-0.05, 0) is 31.6 Å². The number of anilines is 1. The van der Waals surface area contributed by atoms with Crippen molar-refractivity contribution in [2.45, 2.75) is 63.8 Å². The lowest BCUT2D eigenvalue weighted by Gasteiger charge is -2.31. The molecule has 1 heterocycles. The third-order valence-electron chi connectivity index (χ3n) is 4.78. The highest BCUT2D eigenvalue weighted by Crippen LogP contribution is 2.42. The number of carbonyl (C=O) groups is 1. The molecule has 5 heteroatoms. The molecule has 4 N–H and O–H groups in total. The van der Waals surface area contributed by atoms with Crippen LogP contribution in [0.3, 0.4) is 0 Å². The minimum Gasteiger partial charge on any atom is -0.395 e. The number of hydrogen-bond acceptors (Lipinski definition) is 3. The van der Waals surface area contributed by atoms with Gasteiger partial charge in [0.1, 0.15) is 0 Å². The van der Waals surface area contributed by atoms with Crippen molar-refractivity contribution in [1.29, 1.82) is 0 Å². The molecular formula is C15H24N4O. The quantitative estimate of drug-likeness (QED) is 0.790.